The van der Waals surface area contributed by atoms with Crippen molar-refractivity contribution in [2.24, 2.45) is 23.7 Å². The molecule has 0 radical (unpaired) electrons. The summed E-state index contributed by atoms with van der Waals surface area (Å²) in [6.07, 6.45) is -1.94. The monoisotopic (exact) mass is 938 g/mol. The Bertz CT molecular complexity index is 1620. The van der Waals surface area contributed by atoms with Gasteiger partial charge < -0.3 is 61.1 Å². The summed E-state index contributed by atoms with van der Waals surface area (Å²) in [6.45, 7) is 17.1. The molecule has 8 N–H and O–H groups in total. The first-order valence-electron chi connectivity index (χ1n) is 22.5. The van der Waals surface area contributed by atoms with Crippen LogP contribution >= 0.6 is 0 Å². The van der Waals surface area contributed by atoms with Gasteiger partial charge in [0.1, 0.15) is 36.3 Å². The number of amides is 6. The van der Waals surface area contributed by atoms with Gasteiger partial charge in [-0.15, -0.1) is 0 Å². The first-order valence-corrected chi connectivity index (χ1v) is 22.5. The Morgan fingerprint density at radius 2 is 0.864 bits per heavy atom. The normalized spacial score (nSPS) is 14.9. The van der Waals surface area contributed by atoms with Gasteiger partial charge in [0.25, 0.3) is 0 Å². The van der Waals surface area contributed by atoms with E-state index in [1.54, 1.807) is 45.9 Å². The van der Waals surface area contributed by atoms with E-state index >= 15 is 0 Å². The van der Waals surface area contributed by atoms with Crippen LogP contribution in [0.15, 0.2) is 18.2 Å². The average molecular weight is 938 g/mol. The van der Waals surface area contributed by atoms with Gasteiger partial charge in [-0.05, 0) is 63.2 Å². The molecule has 8 atom stereocenters. The molecule has 0 saturated carbocycles. The van der Waals surface area contributed by atoms with E-state index in [4.69, 9.17) is 18.9 Å². The molecule has 0 unspecified atom stereocenters. The van der Waals surface area contributed by atoms with Crippen molar-refractivity contribution >= 4 is 47.4 Å². The minimum atomic E-state index is -1.38. The summed E-state index contributed by atoms with van der Waals surface area (Å²) in [4.78, 5) is 107. The van der Waals surface area contributed by atoms with E-state index in [1.807, 2.05) is 27.7 Å². The zero-order chi connectivity index (χ0) is 50.3. The number of methoxy groups -OCH3 is 2. The molecule has 0 spiro atoms. The van der Waals surface area contributed by atoms with Crippen molar-refractivity contribution in [3.05, 3.63) is 18.2 Å². The molecule has 374 valence electrons. The fraction of sp³-hybridized carbons (Fsp3) is 0.711. The van der Waals surface area contributed by atoms with Crippen LogP contribution in [0.2, 0.25) is 0 Å². The average Bonchev–Trinajstić information content (AvgIpc) is 3.23. The quantitative estimate of drug-likeness (QED) is 0.0391. The van der Waals surface area contributed by atoms with Crippen LogP contribution in [0.5, 0.6) is 11.8 Å². The van der Waals surface area contributed by atoms with Gasteiger partial charge >= 0.3 is 11.9 Å². The van der Waals surface area contributed by atoms with Crippen LogP contribution in [0.3, 0.4) is 0 Å². The van der Waals surface area contributed by atoms with Gasteiger partial charge in [-0.2, -0.15) is 4.98 Å². The smallest absolute Gasteiger partial charge is 0.328 e. The third-order valence-electron chi connectivity index (χ3n) is 9.98. The molecule has 0 fully saturated rings. The summed E-state index contributed by atoms with van der Waals surface area (Å²) in [5.74, 6) is -5.43. The lowest BCUT2D eigenvalue weighted by Gasteiger charge is -2.27. The number of esters is 2. The number of nitrogens with zero attached hydrogens (tertiary/aromatic N) is 1. The van der Waals surface area contributed by atoms with Gasteiger partial charge in [-0.25, -0.2) is 9.59 Å². The lowest BCUT2D eigenvalue weighted by molar-refractivity contribution is -0.147. The number of aliphatic hydroxyl groups is 2. The second-order valence-corrected chi connectivity index (χ2v) is 17.7. The van der Waals surface area contributed by atoms with E-state index in [1.165, 1.54) is 28.1 Å². The second-order valence-electron chi connectivity index (χ2n) is 17.7. The maximum absolute atomic E-state index is 13.3. The van der Waals surface area contributed by atoms with E-state index in [0.29, 0.717) is 0 Å². The number of rotatable bonds is 30. The number of hydrogen-bond acceptors (Lipinski definition) is 15. The fourth-order valence-electron chi connectivity index (χ4n) is 6.36. The van der Waals surface area contributed by atoms with Crippen molar-refractivity contribution in [3.63, 3.8) is 0 Å². The summed E-state index contributed by atoms with van der Waals surface area (Å²) in [5.41, 5.74) is 0. The maximum atomic E-state index is 13.3. The number of ether oxygens (including phenoxy) is 4. The molecule has 21 nitrogen and oxygen atoms in total. The molecule has 1 rings (SSSR count). The minimum Gasteiger partial charge on any atom is -0.478 e. The molecule has 6 amide bonds. The molecule has 66 heavy (non-hydrogen) atoms. The van der Waals surface area contributed by atoms with E-state index in [2.05, 4.69) is 36.9 Å². The Labute approximate surface area is 388 Å². The molecule has 0 aliphatic carbocycles. The number of aliphatic hydroxyl groups excluding tert-OH is 2. The third-order valence-corrected chi connectivity index (χ3v) is 9.98. The van der Waals surface area contributed by atoms with Crippen molar-refractivity contribution in [2.45, 2.75) is 156 Å². The number of pyridine rings is 1. The van der Waals surface area contributed by atoms with Crippen LogP contribution in [0.4, 0.5) is 0 Å². The summed E-state index contributed by atoms with van der Waals surface area (Å²) in [7, 11) is 2.42. The number of hydrogen-bond donors (Lipinski definition) is 8. The van der Waals surface area contributed by atoms with Crippen molar-refractivity contribution in [2.75, 3.05) is 27.4 Å². The van der Waals surface area contributed by atoms with Gasteiger partial charge in [-0.1, -0.05) is 61.5 Å². The highest BCUT2D eigenvalue weighted by Crippen LogP contribution is 2.15. The molecule has 0 aromatic carbocycles. The first kappa shape index (κ1) is 58.4. The number of aromatic nitrogens is 1. The summed E-state index contributed by atoms with van der Waals surface area (Å²) in [5, 5.41) is 36.2. The van der Waals surface area contributed by atoms with Crippen LogP contribution in [0, 0.1) is 23.7 Å². The predicted molar refractivity (Wildman–Crippen MR) is 241 cm³/mol. The molecule has 0 aliphatic heterocycles. The van der Waals surface area contributed by atoms with Crippen molar-refractivity contribution < 1.29 is 67.5 Å². The Morgan fingerprint density at radius 3 is 1.15 bits per heavy atom. The lowest BCUT2D eigenvalue weighted by atomic mass is 10.00. The minimum absolute atomic E-state index is 0.0323. The SMILES string of the molecule is COC(=O)[C@@H](NC(=O)[C@H](CC(C)C)NC(=O)[C@@H](NC(=O)CCCOc1cccc(OCCCC(=O)N[C@H](C(=O)N[C@@H](CC(C)C)C(=O)N[C@H](C(=O)OC)C(C)C)[C@@H](C)O)n1)[C@@H](C)O)C(C)C. The van der Waals surface area contributed by atoms with E-state index < -0.39 is 95.8 Å². The van der Waals surface area contributed by atoms with Crippen molar-refractivity contribution in [3.8, 4) is 11.8 Å². The van der Waals surface area contributed by atoms with Crippen molar-refractivity contribution in [1.82, 2.24) is 36.9 Å². The molecule has 1 aromatic heterocycles. The molecule has 0 aliphatic rings. The molecular formula is C45H75N7O14. The summed E-state index contributed by atoms with van der Waals surface area (Å²) < 4.78 is 21.0. The highest BCUT2D eigenvalue weighted by molar-refractivity contribution is 5.95. The first-order chi connectivity index (χ1) is 30.9. The zero-order valence-electron chi connectivity index (χ0n) is 40.6. The highest BCUT2D eigenvalue weighted by Gasteiger charge is 2.35. The molecule has 1 aromatic rings. The summed E-state index contributed by atoms with van der Waals surface area (Å²) in [6, 6.07) is -1.99. The van der Waals surface area contributed by atoms with Crippen LogP contribution in [-0.2, 0) is 47.8 Å². The Morgan fingerprint density at radius 1 is 0.515 bits per heavy atom. The van der Waals surface area contributed by atoms with Crippen LogP contribution < -0.4 is 41.4 Å². The van der Waals surface area contributed by atoms with Gasteiger partial charge in [-0.3, -0.25) is 28.8 Å². The second kappa shape index (κ2) is 29.9. The zero-order valence-corrected chi connectivity index (χ0v) is 40.6. The largest absolute Gasteiger partial charge is 0.478 e. The Hall–Kier alpha value is -5.57. The Kier molecular flexibility index (Phi) is 26.4. The molecule has 1 heterocycles. The summed E-state index contributed by atoms with van der Waals surface area (Å²) >= 11 is 0. The van der Waals surface area contributed by atoms with E-state index in [0.717, 1.165) is 0 Å². The standard InChI is InChI=1S/C45H75N7O14/c1-24(2)22-30(40(57)51-36(26(5)6)44(61)63-11)46-42(59)38(28(9)53)48-32(55)16-14-20-65-34-18-13-19-35(50-34)66-21-15-17-33(56)49-39(29(10)54)43(60)47-31(23-25(3)4)41(58)52-37(27(7)8)45(62)64-12/h13,18-19,24-31,36-39,53-54H,14-17,20-23H2,1-12H3,(H,46,59)(H,47,60)(H,48,55)(H,49,56)(H,51,57)(H,52,58)/t28-,29-,30+,31+,36+,37+,38+,39+/m1/s1. The molecule has 21 heteroatoms. The predicted octanol–water partition coefficient (Wildman–Crippen LogP) is 0.820. The van der Waals surface area contributed by atoms with Crippen molar-refractivity contribution in [1.29, 1.82) is 0 Å². The highest BCUT2D eigenvalue weighted by atomic mass is 16.5. The molecular weight excluding hydrogens is 863 g/mol. The Balaban J connectivity index is 2.71. The van der Waals surface area contributed by atoms with Gasteiger partial charge in [0.15, 0.2) is 0 Å². The van der Waals surface area contributed by atoms with E-state index in [-0.39, 0.29) is 87.2 Å². The van der Waals surface area contributed by atoms with Crippen LogP contribution in [0.25, 0.3) is 0 Å². The molecule has 0 bridgehead atoms. The lowest BCUT2D eigenvalue weighted by Crippen LogP contribution is -2.59. The van der Waals surface area contributed by atoms with E-state index in [9.17, 15) is 48.6 Å². The molecule has 0 saturated heterocycles. The number of carbonyl (C=O) groups excluding carboxylic acids is 8. The number of carbonyl (C=O) groups is 8. The fourth-order valence-corrected chi connectivity index (χ4v) is 6.36. The van der Waals surface area contributed by atoms with Gasteiger partial charge in [0.05, 0.1) is 39.6 Å². The number of nitrogens with one attached hydrogen (secondary N) is 6. The van der Waals surface area contributed by atoms with Crippen LogP contribution in [0.1, 0.15) is 108 Å². The topological polar surface area (TPSA) is 299 Å². The van der Waals surface area contributed by atoms with Gasteiger partial charge in [0, 0.05) is 25.0 Å². The van der Waals surface area contributed by atoms with Crippen LogP contribution in [-0.4, -0.2) is 138 Å². The van der Waals surface area contributed by atoms with Gasteiger partial charge in [0.2, 0.25) is 47.2 Å². The maximum Gasteiger partial charge on any atom is 0.328 e. The third kappa shape index (κ3) is 21.6.